The van der Waals surface area contributed by atoms with Gasteiger partial charge < -0.3 is 4.74 Å². The van der Waals surface area contributed by atoms with Gasteiger partial charge in [0.25, 0.3) is 0 Å². The highest BCUT2D eigenvalue weighted by Crippen LogP contribution is 2.10. The summed E-state index contributed by atoms with van der Waals surface area (Å²) in [6, 6.07) is 0. The van der Waals surface area contributed by atoms with E-state index in [4.69, 9.17) is 4.74 Å². The fourth-order valence-corrected chi connectivity index (χ4v) is 1.50. The smallest absolute Gasteiger partial charge is 0.410 e. The Hall–Kier alpha value is -1.10. The van der Waals surface area contributed by atoms with Gasteiger partial charge in [-0.25, -0.2) is 4.79 Å². The van der Waals surface area contributed by atoms with Gasteiger partial charge in [-0.1, -0.05) is 0 Å². The van der Waals surface area contributed by atoms with Crippen molar-refractivity contribution in [1.82, 2.24) is 9.80 Å². The molecule has 1 heterocycles. The van der Waals surface area contributed by atoms with Crippen LogP contribution in [-0.4, -0.2) is 60.5 Å². The van der Waals surface area contributed by atoms with Crippen LogP contribution in [0.3, 0.4) is 0 Å². The summed E-state index contributed by atoms with van der Waals surface area (Å²) in [7, 11) is 1.87. The van der Waals surface area contributed by atoms with Gasteiger partial charge in [-0.3, -0.25) is 14.6 Å². The summed E-state index contributed by atoms with van der Waals surface area (Å²) in [4.78, 5) is 26.6. The van der Waals surface area contributed by atoms with Crippen molar-refractivity contribution in [3.63, 3.8) is 0 Å². The van der Waals surface area contributed by atoms with Crippen molar-refractivity contribution in [2.45, 2.75) is 26.4 Å². The van der Waals surface area contributed by atoms with Crippen LogP contribution in [-0.2, 0) is 9.53 Å². The van der Waals surface area contributed by atoms with E-state index >= 15 is 0 Å². The summed E-state index contributed by atoms with van der Waals surface area (Å²) >= 11 is 0. The molecule has 0 bridgehead atoms. The Kier molecular flexibility index (Phi) is 3.91. The van der Waals surface area contributed by atoms with Crippen LogP contribution in [0.15, 0.2) is 0 Å². The summed E-state index contributed by atoms with van der Waals surface area (Å²) in [6.45, 7) is 7.24. The molecule has 0 spiro atoms. The van der Waals surface area contributed by atoms with Gasteiger partial charge in [0.1, 0.15) is 5.60 Å². The molecule has 1 saturated heterocycles. The minimum atomic E-state index is -0.516. The zero-order valence-electron chi connectivity index (χ0n) is 10.4. The van der Waals surface area contributed by atoms with Crippen molar-refractivity contribution >= 4 is 11.9 Å². The maximum Gasteiger partial charge on any atom is 0.410 e. The summed E-state index contributed by atoms with van der Waals surface area (Å²) < 4.78 is 5.23. The number of likely N-dealkylation sites (N-methyl/N-ethyl adjacent to an activating group) is 1. The summed E-state index contributed by atoms with van der Waals surface area (Å²) in [6.07, 6.45) is -0.406. The highest BCUT2D eigenvalue weighted by molar-refractivity contribution is 5.86. The Morgan fingerprint density at radius 3 is 2.44 bits per heavy atom. The molecule has 1 aliphatic rings. The van der Waals surface area contributed by atoms with Crippen molar-refractivity contribution in [2.75, 3.05) is 33.2 Å². The van der Waals surface area contributed by atoms with Crippen LogP contribution < -0.4 is 0 Å². The fourth-order valence-electron chi connectivity index (χ4n) is 1.50. The molecule has 0 unspecified atom stereocenters. The normalized spacial score (nSPS) is 19.5. The number of nitrogens with zero attached hydrogens (tertiary/aromatic N) is 2. The van der Waals surface area contributed by atoms with Crippen LogP contribution in [0.25, 0.3) is 0 Å². The molecule has 0 saturated carbocycles. The first-order valence-corrected chi connectivity index (χ1v) is 5.46. The number of carbonyl (C=O) groups is 2. The molecule has 0 atom stereocenters. The van der Waals surface area contributed by atoms with E-state index in [1.807, 2.05) is 32.7 Å². The molecule has 0 aliphatic carbocycles. The number of Topliss-reactive ketones (excluding diaryl/α,β-unsaturated/α-hetero) is 1. The minimum Gasteiger partial charge on any atom is -0.444 e. The molecular weight excluding hydrogens is 208 g/mol. The van der Waals surface area contributed by atoms with Crippen LogP contribution >= 0.6 is 0 Å². The third kappa shape index (κ3) is 4.18. The van der Waals surface area contributed by atoms with E-state index in [1.165, 1.54) is 4.90 Å². The quantitative estimate of drug-likeness (QED) is 0.613. The number of ether oxygens (including phenoxy) is 1. The van der Waals surface area contributed by atoms with Crippen molar-refractivity contribution in [3.05, 3.63) is 0 Å². The van der Waals surface area contributed by atoms with Crippen LogP contribution in [0.5, 0.6) is 0 Å². The van der Waals surface area contributed by atoms with E-state index in [-0.39, 0.29) is 12.3 Å². The molecule has 0 aromatic carbocycles. The molecule has 1 amide bonds. The number of hydrogen-bond donors (Lipinski definition) is 0. The molecule has 0 N–H and O–H groups in total. The van der Waals surface area contributed by atoms with Gasteiger partial charge in [0.15, 0.2) is 5.78 Å². The summed E-state index contributed by atoms with van der Waals surface area (Å²) in [5.74, 6) is 0.0471. The first-order chi connectivity index (χ1) is 7.28. The molecule has 5 nitrogen and oxygen atoms in total. The van der Waals surface area contributed by atoms with Gasteiger partial charge >= 0.3 is 6.09 Å². The Labute approximate surface area is 96.3 Å². The van der Waals surface area contributed by atoms with Crippen LogP contribution in [0, 0.1) is 0 Å². The topological polar surface area (TPSA) is 49.9 Å². The predicted octanol–water partition coefficient (Wildman–Crippen LogP) is 0.738. The molecule has 92 valence electrons. The van der Waals surface area contributed by atoms with E-state index < -0.39 is 11.7 Å². The number of carbonyl (C=O) groups excluding carboxylic acids is 2. The SMILES string of the molecule is CN1CCN(C(=O)OC(C)(C)C)CC(=O)C1. The van der Waals surface area contributed by atoms with Gasteiger partial charge in [0.2, 0.25) is 0 Å². The first-order valence-electron chi connectivity index (χ1n) is 5.46. The second kappa shape index (κ2) is 4.82. The molecule has 0 aromatic heterocycles. The number of rotatable bonds is 0. The fraction of sp³-hybridized carbons (Fsp3) is 0.818. The molecule has 16 heavy (non-hydrogen) atoms. The van der Waals surface area contributed by atoms with Crippen LogP contribution in [0.2, 0.25) is 0 Å². The molecule has 1 fully saturated rings. The Balaban J connectivity index is 2.59. The lowest BCUT2D eigenvalue weighted by Gasteiger charge is -2.25. The van der Waals surface area contributed by atoms with Gasteiger partial charge in [-0.15, -0.1) is 0 Å². The maximum atomic E-state index is 11.8. The zero-order chi connectivity index (χ0) is 12.3. The lowest BCUT2D eigenvalue weighted by molar-refractivity contribution is -0.119. The average Bonchev–Trinajstić information content (AvgIpc) is 2.23. The molecule has 1 aliphatic heterocycles. The van der Waals surface area contributed by atoms with Crippen molar-refractivity contribution < 1.29 is 14.3 Å². The molecule has 0 radical (unpaired) electrons. The maximum absolute atomic E-state index is 11.8. The second-order valence-electron chi connectivity index (χ2n) is 5.18. The monoisotopic (exact) mass is 228 g/mol. The van der Waals surface area contributed by atoms with Gasteiger partial charge in [-0.2, -0.15) is 0 Å². The first kappa shape index (κ1) is 13.0. The van der Waals surface area contributed by atoms with Crippen molar-refractivity contribution in [2.24, 2.45) is 0 Å². The van der Waals surface area contributed by atoms with Crippen molar-refractivity contribution in [1.29, 1.82) is 0 Å². The summed E-state index contributed by atoms with van der Waals surface area (Å²) in [5, 5.41) is 0. The zero-order valence-corrected chi connectivity index (χ0v) is 10.4. The van der Waals surface area contributed by atoms with Crippen LogP contribution in [0.4, 0.5) is 4.79 Å². The predicted molar refractivity (Wildman–Crippen MR) is 60.3 cm³/mol. The standard InChI is InChI=1S/C11H20N2O3/c1-11(2,3)16-10(15)13-6-5-12(4)7-9(14)8-13/h5-8H2,1-4H3. The lowest BCUT2D eigenvalue weighted by Crippen LogP contribution is -2.40. The highest BCUT2D eigenvalue weighted by Gasteiger charge is 2.26. The number of amides is 1. The molecular formula is C11H20N2O3. The van der Waals surface area contributed by atoms with Crippen LogP contribution in [0.1, 0.15) is 20.8 Å². The minimum absolute atomic E-state index is 0.0471. The number of hydrogen-bond acceptors (Lipinski definition) is 4. The molecule has 5 heteroatoms. The third-order valence-electron chi connectivity index (χ3n) is 2.22. The Morgan fingerprint density at radius 2 is 1.88 bits per heavy atom. The van der Waals surface area contributed by atoms with E-state index in [2.05, 4.69) is 0 Å². The summed E-state index contributed by atoms with van der Waals surface area (Å²) in [5.41, 5.74) is -0.516. The van der Waals surface area contributed by atoms with E-state index in [9.17, 15) is 9.59 Å². The average molecular weight is 228 g/mol. The number of ketones is 1. The Bertz CT molecular complexity index is 283. The lowest BCUT2D eigenvalue weighted by atomic mass is 10.2. The van der Waals surface area contributed by atoms with E-state index in [0.717, 1.165) is 0 Å². The van der Waals surface area contributed by atoms with Gasteiger partial charge in [0, 0.05) is 13.1 Å². The Morgan fingerprint density at radius 1 is 1.25 bits per heavy atom. The molecule has 1 rings (SSSR count). The largest absolute Gasteiger partial charge is 0.444 e. The third-order valence-corrected chi connectivity index (χ3v) is 2.22. The van der Waals surface area contributed by atoms with Crippen molar-refractivity contribution in [3.8, 4) is 0 Å². The second-order valence-corrected chi connectivity index (χ2v) is 5.18. The van der Waals surface area contributed by atoms with Gasteiger partial charge in [-0.05, 0) is 27.8 Å². The van der Waals surface area contributed by atoms with E-state index in [1.54, 1.807) is 0 Å². The molecule has 0 aromatic rings. The van der Waals surface area contributed by atoms with Gasteiger partial charge in [0.05, 0.1) is 13.1 Å². The van der Waals surface area contributed by atoms with E-state index in [0.29, 0.717) is 19.6 Å². The highest BCUT2D eigenvalue weighted by atomic mass is 16.6.